The van der Waals surface area contributed by atoms with E-state index in [1.54, 1.807) is 0 Å². The summed E-state index contributed by atoms with van der Waals surface area (Å²) >= 11 is 0. The van der Waals surface area contributed by atoms with E-state index >= 15 is 0 Å². The van der Waals surface area contributed by atoms with Crippen molar-refractivity contribution in [2.24, 2.45) is 0 Å². The Hall–Kier alpha value is -17.4. The average Bonchev–Trinajstić information content (AvgIpc) is 0.733. The van der Waals surface area contributed by atoms with Crippen LogP contribution in [0.5, 0.6) is 0 Å². The normalized spacial score (nSPS) is 11.3. The fourth-order valence-electron chi connectivity index (χ4n) is 20.1. The van der Waals surface area contributed by atoms with Gasteiger partial charge < -0.3 is 0 Å². The van der Waals surface area contributed by atoms with E-state index in [2.05, 4.69) is 558 Å². The second-order valence-corrected chi connectivity index (χ2v) is 34.3. The van der Waals surface area contributed by atoms with E-state index in [-0.39, 0.29) is 0 Å². The highest BCUT2D eigenvalue weighted by Gasteiger charge is 2.31. The molecule has 0 radical (unpaired) electrons. The zero-order chi connectivity index (χ0) is 89.3. The predicted molar refractivity (Wildman–Crippen MR) is 571 cm³/mol. The minimum atomic E-state index is 1.01. The molecule has 0 aliphatic carbocycles. The molecule has 0 aromatic heterocycles. The summed E-state index contributed by atoms with van der Waals surface area (Å²) in [6.45, 7) is 0. The van der Waals surface area contributed by atoms with Gasteiger partial charge >= 0.3 is 0 Å². The Balaban J connectivity index is 0.904. The van der Waals surface area contributed by atoms with Gasteiger partial charge in [-0.3, -0.25) is 0 Å². The Kier molecular flexibility index (Phi) is 23.2. The van der Waals surface area contributed by atoms with Crippen LogP contribution in [-0.4, -0.2) is 0 Å². The summed E-state index contributed by atoms with van der Waals surface area (Å²) in [5.74, 6) is 0. The fraction of sp³-hybridized carbons (Fsp3) is 0. The molecule has 0 saturated carbocycles. The van der Waals surface area contributed by atoms with Crippen molar-refractivity contribution in [3.05, 3.63) is 557 Å². The molecule has 628 valence electrons. The molecule has 0 amide bonds. The molecule has 0 spiro atoms. The van der Waals surface area contributed by atoms with Gasteiger partial charge in [-0.05, 0) is 294 Å². The molecule has 0 unspecified atom stereocenters. The van der Waals surface area contributed by atoms with E-state index in [4.69, 9.17) is 0 Å². The van der Waals surface area contributed by atoms with Gasteiger partial charge in [-0.1, -0.05) is 497 Å². The highest BCUT2D eigenvalue weighted by Crippen LogP contribution is 2.58. The first-order valence-electron chi connectivity index (χ1n) is 46.3. The van der Waals surface area contributed by atoms with Crippen LogP contribution >= 0.6 is 0 Å². The minimum absolute atomic E-state index is 1.01. The van der Waals surface area contributed by atoms with Crippen molar-refractivity contribution in [3.8, 4) is 223 Å². The molecule has 0 bridgehead atoms. The summed E-state index contributed by atoms with van der Waals surface area (Å²) in [5, 5.41) is 0. The van der Waals surface area contributed by atoms with Crippen LogP contribution in [-0.2, 0) is 0 Å². The second-order valence-electron chi connectivity index (χ2n) is 34.3. The quantitative estimate of drug-likeness (QED) is 0.0593. The first-order valence-corrected chi connectivity index (χ1v) is 46.3. The van der Waals surface area contributed by atoms with Crippen molar-refractivity contribution >= 4 is 12.2 Å². The molecular formula is C134H92. The van der Waals surface area contributed by atoms with Crippen molar-refractivity contribution in [2.75, 3.05) is 0 Å². The highest BCUT2D eigenvalue weighted by molar-refractivity contribution is 6.14. The van der Waals surface area contributed by atoms with Gasteiger partial charge in [0.25, 0.3) is 0 Å². The molecular weight excluding hydrogens is 1610 g/mol. The molecule has 0 N–H and O–H groups in total. The lowest BCUT2D eigenvalue weighted by molar-refractivity contribution is 1.50. The molecule has 22 aromatic rings. The Labute approximate surface area is 786 Å². The van der Waals surface area contributed by atoms with Gasteiger partial charge in [0.1, 0.15) is 0 Å². The van der Waals surface area contributed by atoms with Crippen molar-refractivity contribution < 1.29 is 0 Å². The smallest absolute Gasteiger partial charge is 0.00143 e. The monoisotopic (exact) mass is 1700 g/mol. The predicted octanol–water partition coefficient (Wildman–Crippen LogP) is 37.2. The SMILES string of the molecule is C(=Cc1cc(-c2cc(-c3ccccc3)c(-c3ccccc3)c(-c3ccccc3)c2-c2ccccc2)cc(-c2cc(-c3ccccc3)c(-c3ccccc3)c(-c3ccccc3)c2-c2ccccc2)c1)c1cc(-c2cc(-c3ccccc3)c(-c3ccccc3)c(-c3ccccc3)c2-c2ccccc2)cc(-c2cc(-c3ccccc3)c(-c3ccccc3)c(-c3ccccc3)c2-c2ccccc2)c1. The van der Waals surface area contributed by atoms with Crippen LogP contribution < -0.4 is 0 Å². The van der Waals surface area contributed by atoms with Crippen LogP contribution in [0.25, 0.3) is 235 Å². The number of benzene rings is 22. The van der Waals surface area contributed by atoms with Crippen LogP contribution in [0.1, 0.15) is 11.1 Å². The lowest BCUT2D eigenvalue weighted by Gasteiger charge is -2.26. The molecule has 0 heteroatoms. The molecule has 22 rings (SSSR count). The summed E-state index contributed by atoms with van der Waals surface area (Å²) in [4.78, 5) is 0. The van der Waals surface area contributed by atoms with Crippen LogP contribution in [0.2, 0.25) is 0 Å². The first-order chi connectivity index (χ1) is 66.5. The van der Waals surface area contributed by atoms with Crippen LogP contribution in [0.15, 0.2) is 546 Å². The van der Waals surface area contributed by atoms with Gasteiger partial charge in [-0.2, -0.15) is 0 Å². The maximum absolute atomic E-state index is 2.51. The molecule has 0 saturated heterocycles. The van der Waals surface area contributed by atoms with Gasteiger partial charge in [0.05, 0.1) is 0 Å². The second kappa shape index (κ2) is 37.7. The van der Waals surface area contributed by atoms with Gasteiger partial charge in [-0.25, -0.2) is 0 Å². The summed E-state index contributed by atoms with van der Waals surface area (Å²) in [6.07, 6.45) is 4.82. The van der Waals surface area contributed by atoms with Gasteiger partial charge in [0, 0.05) is 0 Å². The third kappa shape index (κ3) is 16.5. The van der Waals surface area contributed by atoms with E-state index in [1.807, 2.05) is 0 Å². The Bertz CT molecular complexity index is 6980. The summed E-state index contributed by atoms with van der Waals surface area (Å²) in [5.41, 5.74) is 46.8. The topological polar surface area (TPSA) is 0 Å². The Morgan fingerprint density at radius 2 is 0.187 bits per heavy atom. The molecule has 0 atom stereocenters. The van der Waals surface area contributed by atoms with Gasteiger partial charge in [0.15, 0.2) is 0 Å². The van der Waals surface area contributed by atoms with Crippen molar-refractivity contribution in [1.82, 2.24) is 0 Å². The van der Waals surface area contributed by atoms with E-state index in [9.17, 15) is 0 Å². The molecule has 0 aliphatic rings. The Morgan fingerprint density at radius 1 is 0.0821 bits per heavy atom. The lowest BCUT2D eigenvalue weighted by atomic mass is 9.77. The highest BCUT2D eigenvalue weighted by atomic mass is 14.3. The maximum atomic E-state index is 2.51. The van der Waals surface area contributed by atoms with Crippen LogP contribution in [0.3, 0.4) is 0 Å². The number of rotatable bonds is 22. The van der Waals surface area contributed by atoms with Gasteiger partial charge in [-0.15, -0.1) is 0 Å². The number of hydrogen-bond acceptors (Lipinski definition) is 0. The third-order valence-corrected chi connectivity index (χ3v) is 26.0. The third-order valence-electron chi connectivity index (χ3n) is 26.0. The largest absolute Gasteiger partial charge is 0.0622 e. The average molecular weight is 1700 g/mol. The molecule has 0 heterocycles. The maximum Gasteiger partial charge on any atom is -0.00143 e. The van der Waals surface area contributed by atoms with E-state index in [0.29, 0.717) is 0 Å². The lowest BCUT2D eigenvalue weighted by Crippen LogP contribution is -2.00. The molecule has 0 aliphatic heterocycles. The zero-order valence-electron chi connectivity index (χ0n) is 74.1. The molecule has 0 fully saturated rings. The summed E-state index contributed by atoms with van der Waals surface area (Å²) < 4.78 is 0. The van der Waals surface area contributed by atoms with E-state index in [1.165, 1.54) is 0 Å². The van der Waals surface area contributed by atoms with Crippen LogP contribution in [0, 0.1) is 0 Å². The van der Waals surface area contributed by atoms with Crippen molar-refractivity contribution in [3.63, 3.8) is 0 Å². The van der Waals surface area contributed by atoms with Crippen LogP contribution in [0.4, 0.5) is 0 Å². The van der Waals surface area contributed by atoms with Crippen molar-refractivity contribution in [2.45, 2.75) is 0 Å². The molecule has 0 nitrogen and oxygen atoms in total. The zero-order valence-corrected chi connectivity index (χ0v) is 74.1. The summed E-state index contributed by atoms with van der Waals surface area (Å²) in [6, 6.07) is 202. The molecule has 134 heavy (non-hydrogen) atoms. The van der Waals surface area contributed by atoms with E-state index < -0.39 is 0 Å². The summed E-state index contributed by atoms with van der Waals surface area (Å²) in [7, 11) is 0. The fourth-order valence-corrected chi connectivity index (χ4v) is 20.1. The van der Waals surface area contributed by atoms with Gasteiger partial charge in [0.2, 0.25) is 0 Å². The number of hydrogen-bond donors (Lipinski definition) is 0. The first kappa shape index (κ1) is 82.3. The Morgan fingerprint density at radius 3 is 0.313 bits per heavy atom. The molecule has 22 aromatic carbocycles. The minimum Gasteiger partial charge on any atom is -0.0622 e. The standard InChI is InChI=1S/C134H92/c1-17-49-95(50-18-1)115-89-119(127(103-65-33-9-34-66-103)131(107-73-41-13-42-74-107)123(115)99-57-25-5-26-58-99)111-83-93(84-112(87-111)120-90-116(96-51-19-2-20-52-96)124(100-59-27-6-28-60-100)132(108-75-43-14-44-76-108)128(120)104-67-35-10-36-68-104)81-82-94-85-113(121-91-117(97-53-21-3-22-54-97)125(101-61-29-7-30-62-101)133(109-77-45-15-46-78-109)129(121)105-69-37-11-38-70-105)88-114(86-94)122-92-118(98-55-23-4-24-56-98)126(102-63-31-8-32-64-102)134(110-79-47-16-48-80-110)130(122)106-71-39-12-40-72-106/h1-92H. The van der Waals surface area contributed by atoms with E-state index in [0.717, 1.165) is 234 Å². The van der Waals surface area contributed by atoms with Crippen molar-refractivity contribution in [1.29, 1.82) is 0 Å².